The largest absolute Gasteiger partial charge is 0.392 e. The number of benzene rings is 2. The van der Waals surface area contributed by atoms with Crippen molar-refractivity contribution < 1.29 is 9.50 Å². The van der Waals surface area contributed by atoms with Gasteiger partial charge in [-0.25, -0.2) is 14.4 Å². The summed E-state index contributed by atoms with van der Waals surface area (Å²) in [5.74, 6) is 0.617. The number of aromatic nitrogens is 5. The number of nitrogen functional groups attached to an aromatic ring is 1. The van der Waals surface area contributed by atoms with Crippen molar-refractivity contribution in [1.82, 2.24) is 24.3 Å². The van der Waals surface area contributed by atoms with Crippen LogP contribution in [0.4, 0.5) is 10.2 Å². The van der Waals surface area contributed by atoms with Gasteiger partial charge in [-0.05, 0) is 54.0 Å². The van der Waals surface area contributed by atoms with E-state index in [1.165, 1.54) is 10.6 Å². The van der Waals surface area contributed by atoms with Crippen LogP contribution in [0.25, 0.3) is 27.7 Å². The zero-order chi connectivity index (χ0) is 25.7. The van der Waals surface area contributed by atoms with Crippen LogP contribution < -0.4 is 11.3 Å². The van der Waals surface area contributed by atoms with Gasteiger partial charge in [-0.15, -0.1) is 0 Å². The van der Waals surface area contributed by atoms with Crippen molar-refractivity contribution in [2.45, 2.75) is 31.8 Å². The van der Waals surface area contributed by atoms with Gasteiger partial charge in [-0.2, -0.15) is 5.10 Å². The third kappa shape index (κ3) is 4.27. The summed E-state index contributed by atoms with van der Waals surface area (Å²) in [7, 11) is 1.83. The molecule has 3 heterocycles. The van der Waals surface area contributed by atoms with Gasteiger partial charge in [-0.1, -0.05) is 18.2 Å². The molecule has 0 atom stereocenters. The number of aryl methyl sites for hydroxylation is 1. The third-order valence-corrected chi connectivity index (χ3v) is 6.77. The van der Waals surface area contributed by atoms with Gasteiger partial charge in [0, 0.05) is 36.6 Å². The van der Waals surface area contributed by atoms with Gasteiger partial charge in [0.05, 0.1) is 35.5 Å². The van der Waals surface area contributed by atoms with E-state index in [0.717, 1.165) is 24.1 Å². The van der Waals surface area contributed by atoms with Crippen LogP contribution in [0.2, 0.25) is 0 Å². The van der Waals surface area contributed by atoms with Crippen molar-refractivity contribution in [3.05, 3.63) is 99.7 Å². The van der Waals surface area contributed by atoms with Crippen molar-refractivity contribution in [2.75, 3.05) is 5.73 Å². The molecule has 6 rings (SSSR count). The lowest BCUT2D eigenvalue weighted by Gasteiger charge is -2.16. The zero-order valence-corrected chi connectivity index (χ0v) is 20.2. The zero-order valence-electron chi connectivity index (χ0n) is 20.2. The molecule has 1 aliphatic carbocycles. The maximum Gasteiger partial charge on any atom is 0.265 e. The predicted octanol–water partition coefficient (Wildman–Crippen LogP) is 3.86. The Bertz CT molecular complexity index is 1720. The van der Waals surface area contributed by atoms with E-state index in [1.54, 1.807) is 41.2 Å². The summed E-state index contributed by atoms with van der Waals surface area (Å²) in [6.07, 6.45) is 5.95. The Kier molecular flexibility index (Phi) is 5.57. The second-order valence-corrected chi connectivity index (χ2v) is 9.45. The van der Waals surface area contributed by atoms with Crippen LogP contribution in [0.15, 0.2) is 65.7 Å². The molecule has 0 unspecified atom stereocenters. The SMILES string of the molecule is Cn1ccc(Cc2nc(N)cc(-c3cccc(-n4ccc5cc(C6CC6)cc(F)c5c4=O)c3CO)n2)n1. The highest BCUT2D eigenvalue weighted by atomic mass is 19.1. The van der Waals surface area contributed by atoms with Crippen LogP contribution in [0.3, 0.4) is 0 Å². The van der Waals surface area contributed by atoms with Crippen LogP contribution in [0.1, 0.15) is 41.4 Å². The minimum Gasteiger partial charge on any atom is -0.392 e. The monoisotopic (exact) mass is 496 g/mol. The van der Waals surface area contributed by atoms with E-state index in [9.17, 15) is 9.90 Å². The van der Waals surface area contributed by atoms with Crippen molar-refractivity contribution in [3.63, 3.8) is 0 Å². The van der Waals surface area contributed by atoms with Crippen molar-refractivity contribution in [2.24, 2.45) is 7.05 Å². The number of aliphatic hydroxyl groups is 1. The second kappa shape index (κ2) is 8.94. The first-order valence-corrected chi connectivity index (χ1v) is 12.1. The average molecular weight is 497 g/mol. The number of anilines is 1. The Morgan fingerprint density at radius 1 is 1.11 bits per heavy atom. The minimum atomic E-state index is -0.525. The molecule has 37 heavy (non-hydrogen) atoms. The van der Waals surface area contributed by atoms with Crippen molar-refractivity contribution in [1.29, 1.82) is 0 Å². The molecular formula is C28H25FN6O2. The highest BCUT2D eigenvalue weighted by Crippen LogP contribution is 2.41. The number of halogens is 1. The summed E-state index contributed by atoms with van der Waals surface area (Å²) in [6, 6.07) is 13.9. The molecule has 0 amide bonds. The number of fused-ring (bicyclic) bond motifs is 1. The topological polar surface area (TPSA) is 112 Å². The van der Waals surface area contributed by atoms with Crippen LogP contribution in [-0.4, -0.2) is 29.4 Å². The summed E-state index contributed by atoms with van der Waals surface area (Å²) in [5, 5.41) is 15.4. The molecule has 9 heteroatoms. The van der Waals surface area contributed by atoms with Gasteiger partial charge in [0.15, 0.2) is 0 Å². The fraction of sp³-hybridized carbons (Fsp3) is 0.214. The normalized spacial score (nSPS) is 13.4. The number of rotatable bonds is 6. The summed E-state index contributed by atoms with van der Waals surface area (Å²) >= 11 is 0. The van der Waals surface area contributed by atoms with Gasteiger partial charge < -0.3 is 10.8 Å². The van der Waals surface area contributed by atoms with E-state index in [2.05, 4.69) is 15.1 Å². The van der Waals surface area contributed by atoms with E-state index in [4.69, 9.17) is 5.73 Å². The van der Waals surface area contributed by atoms with Crippen LogP contribution >= 0.6 is 0 Å². The van der Waals surface area contributed by atoms with E-state index >= 15 is 4.39 Å². The molecule has 0 bridgehead atoms. The summed E-state index contributed by atoms with van der Waals surface area (Å²) < 4.78 is 18.2. The number of hydrogen-bond donors (Lipinski definition) is 2. The third-order valence-electron chi connectivity index (χ3n) is 6.77. The lowest BCUT2D eigenvalue weighted by Crippen LogP contribution is -2.20. The van der Waals surface area contributed by atoms with E-state index in [-0.39, 0.29) is 17.8 Å². The molecule has 186 valence electrons. The Hall–Kier alpha value is -4.37. The summed E-state index contributed by atoms with van der Waals surface area (Å²) in [4.78, 5) is 22.5. The van der Waals surface area contributed by atoms with Gasteiger partial charge in [0.25, 0.3) is 5.56 Å². The molecule has 1 fully saturated rings. The molecule has 0 spiro atoms. The number of nitrogens with two attached hydrogens (primary N) is 1. The fourth-order valence-electron chi connectivity index (χ4n) is 4.85. The second-order valence-electron chi connectivity index (χ2n) is 9.45. The number of aliphatic hydroxyl groups excluding tert-OH is 1. The smallest absolute Gasteiger partial charge is 0.265 e. The standard InChI is InChI=1S/C28H25FN6O2/c1-34-9-8-19(33-34)13-26-31-23(14-25(30)32-26)20-3-2-4-24(21(20)15-36)35-10-7-17-11-18(16-5-6-16)12-22(29)27(17)28(35)37/h2-4,7-12,14,16,36H,5-6,13,15H2,1H3,(H2,30,31,32). The number of nitrogens with zero attached hydrogens (tertiary/aromatic N) is 5. The Morgan fingerprint density at radius 2 is 1.95 bits per heavy atom. The lowest BCUT2D eigenvalue weighted by atomic mass is 10.0. The molecule has 0 aliphatic heterocycles. The van der Waals surface area contributed by atoms with Crippen LogP contribution in [-0.2, 0) is 20.1 Å². The van der Waals surface area contributed by atoms with Crippen LogP contribution in [0, 0.1) is 5.82 Å². The van der Waals surface area contributed by atoms with Gasteiger partial charge in [0.1, 0.15) is 17.5 Å². The van der Waals surface area contributed by atoms with E-state index in [1.807, 2.05) is 25.4 Å². The molecule has 0 radical (unpaired) electrons. The number of hydrogen-bond acceptors (Lipinski definition) is 6. The molecule has 1 saturated carbocycles. The first kappa shape index (κ1) is 23.1. The minimum absolute atomic E-state index is 0.0325. The van der Waals surface area contributed by atoms with Gasteiger partial charge >= 0.3 is 0 Å². The molecule has 0 saturated heterocycles. The molecule has 1 aliphatic rings. The first-order chi connectivity index (χ1) is 17.9. The maximum absolute atomic E-state index is 15.1. The number of pyridine rings is 1. The van der Waals surface area contributed by atoms with Gasteiger partial charge in [0.2, 0.25) is 0 Å². The predicted molar refractivity (Wildman–Crippen MR) is 139 cm³/mol. The average Bonchev–Trinajstić information content (AvgIpc) is 3.65. The Balaban J connectivity index is 1.46. The van der Waals surface area contributed by atoms with E-state index in [0.29, 0.717) is 46.1 Å². The summed E-state index contributed by atoms with van der Waals surface area (Å²) in [6.45, 7) is -0.363. The van der Waals surface area contributed by atoms with Crippen molar-refractivity contribution >= 4 is 16.6 Å². The highest BCUT2D eigenvalue weighted by Gasteiger charge is 2.25. The van der Waals surface area contributed by atoms with Crippen LogP contribution in [0.5, 0.6) is 0 Å². The molecule has 5 aromatic rings. The first-order valence-electron chi connectivity index (χ1n) is 12.1. The van der Waals surface area contributed by atoms with Crippen molar-refractivity contribution in [3.8, 4) is 16.9 Å². The molecule has 2 aromatic carbocycles. The molecular weight excluding hydrogens is 471 g/mol. The Morgan fingerprint density at radius 3 is 2.68 bits per heavy atom. The molecule has 8 nitrogen and oxygen atoms in total. The van der Waals surface area contributed by atoms with E-state index < -0.39 is 11.4 Å². The quantitative estimate of drug-likeness (QED) is 0.369. The summed E-state index contributed by atoms with van der Waals surface area (Å²) in [5.41, 5.74) is 9.38. The fourth-order valence-corrected chi connectivity index (χ4v) is 4.85. The van der Waals surface area contributed by atoms with Gasteiger partial charge in [-0.3, -0.25) is 14.0 Å². The molecule has 3 aromatic heterocycles. The maximum atomic E-state index is 15.1. The Labute approximate surface area is 211 Å². The highest BCUT2D eigenvalue weighted by molar-refractivity contribution is 5.83. The lowest BCUT2D eigenvalue weighted by molar-refractivity contribution is 0.282. The molecule has 3 N–H and O–H groups in total.